The lowest BCUT2D eigenvalue weighted by Crippen LogP contribution is -2.43. The fourth-order valence-electron chi connectivity index (χ4n) is 2.86. The fraction of sp³-hybridized carbons (Fsp3) is 0.600. The van der Waals surface area contributed by atoms with Crippen LogP contribution in [-0.4, -0.2) is 30.1 Å². The van der Waals surface area contributed by atoms with Crippen LogP contribution in [0.2, 0.25) is 0 Å². The van der Waals surface area contributed by atoms with Crippen molar-refractivity contribution in [2.24, 2.45) is 0 Å². The number of nitrogens with zero attached hydrogens (tertiary/aromatic N) is 1. The van der Waals surface area contributed by atoms with Crippen LogP contribution in [0.4, 0.5) is 8.78 Å². The standard InChI is InChI=1S/C15H20F2N2/c16-14-2-1-3-15(17)13(14)10-18-11-6-8-19(9-7-11)12-4-5-12/h1-3,11-12,18H,4-10H2. The summed E-state index contributed by atoms with van der Waals surface area (Å²) in [5.41, 5.74) is 0.159. The number of halogens is 2. The molecule has 1 saturated heterocycles. The van der Waals surface area contributed by atoms with Crippen LogP contribution in [0.3, 0.4) is 0 Å². The van der Waals surface area contributed by atoms with E-state index in [1.165, 1.54) is 31.0 Å². The number of rotatable bonds is 4. The van der Waals surface area contributed by atoms with E-state index in [1.807, 2.05) is 0 Å². The largest absolute Gasteiger partial charge is 0.310 e. The highest BCUT2D eigenvalue weighted by atomic mass is 19.1. The summed E-state index contributed by atoms with van der Waals surface area (Å²) in [4.78, 5) is 2.54. The Morgan fingerprint density at radius 3 is 2.26 bits per heavy atom. The van der Waals surface area contributed by atoms with E-state index >= 15 is 0 Å². The minimum Gasteiger partial charge on any atom is -0.310 e. The summed E-state index contributed by atoms with van der Waals surface area (Å²) < 4.78 is 27.0. The highest BCUT2D eigenvalue weighted by Gasteiger charge is 2.31. The Balaban J connectivity index is 1.50. The number of hydrogen-bond acceptors (Lipinski definition) is 2. The van der Waals surface area contributed by atoms with Crippen molar-refractivity contribution in [3.63, 3.8) is 0 Å². The van der Waals surface area contributed by atoms with Crippen molar-refractivity contribution in [2.45, 2.75) is 44.3 Å². The van der Waals surface area contributed by atoms with Gasteiger partial charge in [0.25, 0.3) is 0 Å². The second-order valence-electron chi connectivity index (χ2n) is 5.62. The first-order chi connectivity index (χ1) is 9.24. The van der Waals surface area contributed by atoms with Gasteiger partial charge in [-0.2, -0.15) is 0 Å². The summed E-state index contributed by atoms with van der Waals surface area (Å²) in [6, 6.07) is 5.24. The summed E-state index contributed by atoms with van der Waals surface area (Å²) in [5, 5.41) is 3.29. The smallest absolute Gasteiger partial charge is 0.130 e. The molecule has 1 saturated carbocycles. The summed E-state index contributed by atoms with van der Waals surface area (Å²) in [6.45, 7) is 2.51. The molecule has 0 spiro atoms. The van der Waals surface area contributed by atoms with Crippen LogP contribution >= 0.6 is 0 Å². The van der Waals surface area contributed by atoms with Gasteiger partial charge in [0.1, 0.15) is 11.6 Å². The van der Waals surface area contributed by atoms with E-state index in [4.69, 9.17) is 0 Å². The van der Waals surface area contributed by atoms with Crippen LogP contribution in [0.15, 0.2) is 18.2 Å². The molecule has 1 aromatic rings. The molecule has 3 rings (SSSR count). The second-order valence-corrected chi connectivity index (χ2v) is 5.62. The van der Waals surface area contributed by atoms with Crippen LogP contribution in [0.25, 0.3) is 0 Å². The summed E-state index contributed by atoms with van der Waals surface area (Å²) in [7, 11) is 0. The molecule has 2 nitrogen and oxygen atoms in total. The topological polar surface area (TPSA) is 15.3 Å². The van der Waals surface area contributed by atoms with Gasteiger partial charge in [-0.1, -0.05) is 6.07 Å². The lowest BCUT2D eigenvalue weighted by Gasteiger charge is -2.32. The van der Waals surface area contributed by atoms with Gasteiger partial charge in [-0.15, -0.1) is 0 Å². The minimum atomic E-state index is -0.456. The molecule has 2 aliphatic rings. The molecule has 0 bridgehead atoms. The molecule has 19 heavy (non-hydrogen) atoms. The van der Waals surface area contributed by atoms with Crippen molar-refractivity contribution in [1.29, 1.82) is 0 Å². The average Bonchev–Trinajstić information content (AvgIpc) is 3.23. The van der Waals surface area contributed by atoms with Crippen molar-refractivity contribution in [1.82, 2.24) is 10.2 Å². The van der Waals surface area contributed by atoms with Crippen LogP contribution in [0, 0.1) is 11.6 Å². The molecule has 0 atom stereocenters. The van der Waals surface area contributed by atoms with Crippen LogP contribution in [0.1, 0.15) is 31.2 Å². The second kappa shape index (κ2) is 5.55. The molecule has 1 aliphatic heterocycles. The lowest BCUT2D eigenvalue weighted by molar-refractivity contribution is 0.188. The quantitative estimate of drug-likeness (QED) is 0.901. The van der Waals surface area contributed by atoms with Gasteiger partial charge in [-0.3, -0.25) is 0 Å². The van der Waals surface area contributed by atoms with Gasteiger partial charge < -0.3 is 10.2 Å². The third-order valence-corrected chi connectivity index (χ3v) is 4.22. The Hall–Kier alpha value is -1.00. The molecular weight excluding hydrogens is 246 g/mol. The first kappa shape index (κ1) is 13.0. The number of hydrogen-bond donors (Lipinski definition) is 1. The molecule has 1 N–H and O–H groups in total. The van der Waals surface area contributed by atoms with Crippen molar-refractivity contribution in [3.05, 3.63) is 35.4 Å². The molecule has 0 unspecified atom stereocenters. The normalized spacial score (nSPS) is 21.8. The van der Waals surface area contributed by atoms with E-state index in [2.05, 4.69) is 10.2 Å². The Bertz CT molecular complexity index is 418. The molecular formula is C15H20F2N2. The zero-order valence-electron chi connectivity index (χ0n) is 11.0. The zero-order valence-corrected chi connectivity index (χ0v) is 11.0. The Morgan fingerprint density at radius 1 is 1.05 bits per heavy atom. The molecule has 0 aromatic heterocycles. The zero-order chi connectivity index (χ0) is 13.2. The number of piperidine rings is 1. The molecule has 0 radical (unpaired) electrons. The number of likely N-dealkylation sites (tertiary alicyclic amines) is 1. The van der Waals surface area contributed by atoms with E-state index in [9.17, 15) is 8.78 Å². The van der Waals surface area contributed by atoms with E-state index in [0.29, 0.717) is 6.04 Å². The maximum atomic E-state index is 13.5. The maximum absolute atomic E-state index is 13.5. The third-order valence-electron chi connectivity index (χ3n) is 4.22. The first-order valence-corrected chi connectivity index (χ1v) is 7.14. The molecule has 104 valence electrons. The summed E-state index contributed by atoms with van der Waals surface area (Å²) >= 11 is 0. The van der Waals surface area contributed by atoms with Crippen molar-refractivity contribution in [3.8, 4) is 0 Å². The molecule has 4 heteroatoms. The molecule has 2 fully saturated rings. The highest BCUT2D eigenvalue weighted by molar-refractivity contribution is 5.19. The van der Waals surface area contributed by atoms with Crippen LogP contribution in [0.5, 0.6) is 0 Å². The predicted octanol–water partition coefficient (Wildman–Crippen LogP) is 2.68. The maximum Gasteiger partial charge on any atom is 0.130 e. The highest BCUT2D eigenvalue weighted by Crippen LogP contribution is 2.29. The van der Waals surface area contributed by atoms with E-state index in [0.717, 1.165) is 32.0 Å². The first-order valence-electron chi connectivity index (χ1n) is 7.14. The van der Waals surface area contributed by atoms with Crippen LogP contribution < -0.4 is 5.32 Å². The Morgan fingerprint density at radius 2 is 1.68 bits per heavy atom. The average molecular weight is 266 g/mol. The lowest BCUT2D eigenvalue weighted by atomic mass is 10.0. The van der Waals surface area contributed by atoms with Gasteiger partial charge in [0.15, 0.2) is 0 Å². The van der Waals surface area contributed by atoms with Crippen molar-refractivity contribution < 1.29 is 8.78 Å². The minimum absolute atomic E-state index is 0.159. The van der Waals surface area contributed by atoms with Crippen LogP contribution in [-0.2, 0) is 6.54 Å². The van der Waals surface area contributed by atoms with Gasteiger partial charge >= 0.3 is 0 Å². The van der Waals surface area contributed by atoms with Gasteiger partial charge in [0.2, 0.25) is 0 Å². The number of nitrogens with one attached hydrogen (secondary N) is 1. The summed E-state index contributed by atoms with van der Waals surface area (Å²) in [6.07, 6.45) is 4.84. The van der Waals surface area contributed by atoms with Crippen molar-refractivity contribution in [2.75, 3.05) is 13.1 Å². The predicted molar refractivity (Wildman–Crippen MR) is 70.8 cm³/mol. The van der Waals surface area contributed by atoms with E-state index in [-0.39, 0.29) is 12.1 Å². The number of benzene rings is 1. The van der Waals surface area contributed by atoms with Gasteiger partial charge in [-0.05, 0) is 50.9 Å². The molecule has 0 amide bonds. The van der Waals surface area contributed by atoms with Gasteiger partial charge in [0.05, 0.1) is 0 Å². The van der Waals surface area contributed by atoms with E-state index < -0.39 is 11.6 Å². The Labute approximate surface area is 112 Å². The summed E-state index contributed by atoms with van der Waals surface area (Å²) in [5.74, 6) is -0.911. The van der Waals surface area contributed by atoms with E-state index in [1.54, 1.807) is 0 Å². The molecule has 1 aliphatic carbocycles. The van der Waals surface area contributed by atoms with Gasteiger partial charge in [0, 0.05) is 24.2 Å². The fourth-order valence-corrected chi connectivity index (χ4v) is 2.86. The Kier molecular flexibility index (Phi) is 3.80. The molecule has 1 heterocycles. The molecule has 1 aromatic carbocycles. The third kappa shape index (κ3) is 3.12. The van der Waals surface area contributed by atoms with Gasteiger partial charge in [-0.25, -0.2) is 8.78 Å². The SMILES string of the molecule is Fc1cccc(F)c1CNC1CCN(C2CC2)CC1. The monoisotopic (exact) mass is 266 g/mol. The van der Waals surface area contributed by atoms with Crippen molar-refractivity contribution >= 4 is 0 Å².